The number of nitrogens with one attached hydrogen (secondary N) is 1. The third kappa shape index (κ3) is 2.98. The maximum Gasteiger partial charge on any atom is 0.268 e. The van der Waals surface area contributed by atoms with Crippen molar-refractivity contribution in [2.24, 2.45) is 7.05 Å². The van der Waals surface area contributed by atoms with E-state index in [0.717, 1.165) is 0 Å². The summed E-state index contributed by atoms with van der Waals surface area (Å²) in [6, 6.07) is 1.45. The van der Waals surface area contributed by atoms with Crippen LogP contribution in [-0.2, 0) is 7.05 Å². The first-order chi connectivity index (χ1) is 7.98. The summed E-state index contributed by atoms with van der Waals surface area (Å²) in [5.41, 5.74) is -1.16. The van der Waals surface area contributed by atoms with Crippen molar-refractivity contribution in [2.75, 3.05) is 19.8 Å². The van der Waals surface area contributed by atoms with Crippen LogP contribution in [0, 0.1) is 0 Å². The Kier molecular flexibility index (Phi) is 4.53. The van der Waals surface area contributed by atoms with Gasteiger partial charge in [0.15, 0.2) is 0 Å². The molecule has 0 radical (unpaired) electrons. The molecule has 1 aromatic rings. The maximum atomic E-state index is 11.8. The smallest absolute Gasteiger partial charge is 0.268 e. The van der Waals surface area contributed by atoms with Crippen LogP contribution in [0.25, 0.3) is 0 Å². The number of hydrogen-bond acceptors (Lipinski definition) is 4. The molecule has 0 aliphatic rings. The van der Waals surface area contributed by atoms with Crippen molar-refractivity contribution in [2.45, 2.75) is 5.54 Å². The molecule has 7 heteroatoms. The van der Waals surface area contributed by atoms with Gasteiger partial charge < -0.3 is 25.2 Å². The van der Waals surface area contributed by atoms with E-state index in [9.17, 15) is 4.79 Å². The van der Waals surface area contributed by atoms with E-state index in [0.29, 0.717) is 5.02 Å². The summed E-state index contributed by atoms with van der Waals surface area (Å²) in [7, 11) is 1.64. The number of carbonyl (C=O) groups is 1. The van der Waals surface area contributed by atoms with E-state index < -0.39 is 31.3 Å². The summed E-state index contributed by atoms with van der Waals surface area (Å²) in [4.78, 5) is 11.8. The standard InChI is InChI=1S/C10H15ClN2O4/c1-13-3-7(11)2-8(13)9(17)12-10(4-14,5-15)6-16/h2-3,14-16H,4-6H2,1H3,(H,12,17). The number of aryl methyl sites for hydroxylation is 1. The van der Waals surface area contributed by atoms with Crippen LogP contribution in [0.5, 0.6) is 0 Å². The van der Waals surface area contributed by atoms with Crippen molar-refractivity contribution in [3.63, 3.8) is 0 Å². The summed E-state index contributed by atoms with van der Waals surface area (Å²) >= 11 is 5.73. The van der Waals surface area contributed by atoms with Crippen molar-refractivity contribution in [1.29, 1.82) is 0 Å². The number of carbonyl (C=O) groups excluding carboxylic acids is 1. The third-order valence-electron chi connectivity index (χ3n) is 2.49. The van der Waals surface area contributed by atoms with E-state index in [1.807, 2.05) is 0 Å². The first kappa shape index (κ1) is 14.0. The van der Waals surface area contributed by atoms with E-state index >= 15 is 0 Å². The summed E-state index contributed by atoms with van der Waals surface area (Å²) < 4.78 is 1.51. The van der Waals surface area contributed by atoms with Crippen molar-refractivity contribution < 1.29 is 20.1 Å². The highest BCUT2D eigenvalue weighted by atomic mass is 35.5. The number of halogens is 1. The summed E-state index contributed by atoms with van der Waals surface area (Å²) in [6.07, 6.45) is 1.55. The van der Waals surface area contributed by atoms with Crippen molar-refractivity contribution >= 4 is 17.5 Å². The Balaban J connectivity index is 2.88. The topological polar surface area (TPSA) is 94.7 Å². The van der Waals surface area contributed by atoms with Crippen LogP contribution in [-0.4, -0.2) is 51.2 Å². The lowest BCUT2D eigenvalue weighted by Crippen LogP contribution is -2.57. The molecule has 0 aliphatic heterocycles. The molecular formula is C10H15ClN2O4. The molecule has 0 aliphatic carbocycles. The molecule has 1 aromatic heterocycles. The molecule has 0 fully saturated rings. The molecule has 0 atom stereocenters. The van der Waals surface area contributed by atoms with Crippen LogP contribution in [0.4, 0.5) is 0 Å². The average molecular weight is 263 g/mol. The number of aromatic nitrogens is 1. The van der Waals surface area contributed by atoms with Gasteiger partial charge in [0.25, 0.3) is 5.91 Å². The van der Waals surface area contributed by atoms with E-state index in [1.165, 1.54) is 10.6 Å². The lowest BCUT2D eigenvalue weighted by molar-refractivity contribution is 0.0371. The zero-order valence-electron chi connectivity index (χ0n) is 9.35. The number of aliphatic hydroxyl groups excluding tert-OH is 3. The fourth-order valence-electron chi connectivity index (χ4n) is 1.32. The van der Waals surface area contributed by atoms with Crippen molar-refractivity contribution in [1.82, 2.24) is 9.88 Å². The van der Waals surface area contributed by atoms with Crippen LogP contribution >= 0.6 is 11.6 Å². The Labute approximate surface area is 103 Å². The lowest BCUT2D eigenvalue weighted by Gasteiger charge is -2.28. The van der Waals surface area contributed by atoms with Gasteiger partial charge in [-0.1, -0.05) is 11.6 Å². The molecule has 1 rings (SSSR count). The third-order valence-corrected chi connectivity index (χ3v) is 2.70. The van der Waals surface area contributed by atoms with Gasteiger partial charge >= 0.3 is 0 Å². The van der Waals surface area contributed by atoms with Gasteiger partial charge in [0.05, 0.1) is 24.8 Å². The first-order valence-corrected chi connectivity index (χ1v) is 5.33. The van der Waals surface area contributed by atoms with E-state index in [1.54, 1.807) is 13.2 Å². The summed E-state index contributed by atoms with van der Waals surface area (Å²) in [6.45, 7) is -1.70. The maximum absolute atomic E-state index is 11.8. The normalized spacial score (nSPS) is 11.6. The van der Waals surface area contributed by atoms with Gasteiger partial charge in [0, 0.05) is 13.2 Å². The predicted octanol–water partition coefficient (Wildman–Crippen LogP) is -0.876. The number of amides is 1. The SMILES string of the molecule is Cn1cc(Cl)cc1C(=O)NC(CO)(CO)CO. The lowest BCUT2D eigenvalue weighted by atomic mass is 10.0. The molecule has 6 nitrogen and oxygen atoms in total. The first-order valence-electron chi connectivity index (χ1n) is 4.95. The molecule has 0 saturated heterocycles. The van der Waals surface area contributed by atoms with Crippen LogP contribution in [0.2, 0.25) is 5.02 Å². The van der Waals surface area contributed by atoms with Gasteiger partial charge in [-0.25, -0.2) is 0 Å². The van der Waals surface area contributed by atoms with Gasteiger partial charge in [-0.3, -0.25) is 4.79 Å². The number of aliphatic hydroxyl groups is 3. The van der Waals surface area contributed by atoms with Gasteiger partial charge in [-0.2, -0.15) is 0 Å². The fourth-order valence-corrected chi connectivity index (χ4v) is 1.57. The summed E-state index contributed by atoms with van der Waals surface area (Å²) in [5, 5.41) is 30.0. The molecule has 1 amide bonds. The molecule has 4 N–H and O–H groups in total. The minimum absolute atomic E-state index is 0.273. The van der Waals surface area contributed by atoms with Crippen LogP contribution in [0.15, 0.2) is 12.3 Å². The molecule has 1 heterocycles. The molecule has 0 bridgehead atoms. The molecule has 0 saturated carbocycles. The second kappa shape index (κ2) is 5.50. The minimum atomic E-state index is -1.44. The van der Waals surface area contributed by atoms with E-state index in [2.05, 4.69) is 5.32 Å². The van der Waals surface area contributed by atoms with Gasteiger partial charge in [-0.15, -0.1) is 0 Å². The zero-order chi connectivity index (χ0) is 13.1. The largest absolute Gasteiger partial charge is 0.394 e. The van der Waals surface area contributed by atoms with Gasteiger partial charge in [0.2, 0.25) is 0 Å². The van der Waals surface area contributed by atoms with Crippen molar-refractivity contribution in [3.8, 4) is 0 Å². The molecule has 0 spiro atoms. The van der Waals surface area contributed by atoms with Crippen LogP contribution in [0.1, 0.15) is 10.5 Å². The molecule has 0 unspecified atom stereocenters. The van der Waals surface area contributed by atoms with E-state index in [4.69, 9.17) is 26.9 Å². The quantitative estimate of drug-likeness (QED) is 0.555. The van der Waals surface area contributed by atoms with E-state index in [-0.39, 0.29) is 5.69 Å². The number of hydrogen-bond donors (Lipinski definition) is 4. The number of rotatable bonds is 5. The number of nitrogens with zero attached hydrogens (tertiary/aromatic N) is 1. The molecule has 0 aromatic carbocycles. The Morgan fingerprint density at radius 2 is 1.94 bits per heavy atom. The van der Waals surface area contributed by atoms with Gasteiger partial charge in [-0.05, 0) is 6.07 Å². The highest BCUT2D eigenvalue weighted by Crippen LogP contribution is 2.13. The highest BCUT2D eigenvalue weighted by molar-refractivity contribution is 6.31. The van der Waals surface area contributed by atoms with Crippen LogP contribution < -0.4 is 5.32 Å². The predicted molar refractivity (Wildman–Crippen MR) is 61.9 cm³/mol. The molecule has 96 valence electrons. The molecule has 17 heavy (non-hydrogen) atoms. The zero-order valence-corrected chi connectivity index (χ0v) is 10.1. The second-order valence-corrected chi connectivity index (χ2v) is 4.30. The minimum Gasteiger partial charge on any atom is -0.394 e. The average Bonchev–Trinajstić information content (AvgIpc) is 2.65. The summed E-state index contributed by atoms with van der Waals surface area (Å²) in [5.74, 6) is -0.531. The monoisotopic (exact) mass is 262 g/mol. The Bertz CT molecular complexity index is 393. The molecular weight excluding hydrogens is 248 g/mol. The van der Waals surface area contributed by atoms with Gasteiger partial charge in [0.1, 0.15) is 11.2 Å². The van der Waals surface area contributed by atoms with Crippen LogP contribution in [0.3, 0.4) is 0 Å². The van der Waals surface area contributed by atoms with Crippen molar-refractivity contribution in [3.05, 3.63) is 23.0 Å². The Morgan fingerprint density at radius 3 is 2.29 bits per heavy atom. The second-order valence-electron chi connectivity index (χ2n) is 3.86. The highest BCUT2D eigenvalue weighted by Gasteiger charge is 2.31. The Morgan fingerprint density at radius 1 is 1.41 bits per heavy atom. The Hall–Kier alpha value is -1.08. The fraction of sp³-hybridized carbons (Fsp3) is 0.500.